The molecular formula is C24H25N3O7. The van der Waals surface area contributed by atoms with Gasteiger partial charge in [-0.1, -0.05) is 6.07 Å². The van der Waals surface area contributed by atoms with Crippen LogP contribution in [0.1, 0.15) is 37.8 Å². The number of urea groups is 1. The molecular weight excluding hydrogens is 442 g/mol. The number of nitrogens with zero attached hydrogens (tertiary/aromatic N) is 3. The second-order valence-corrected chi connectivity index (χ2v) is 9.64. The Morgan fingerprint density at radius 3 is 2.21 bits per heavy atom. The summed E-state index contributed by atoms with van der Waals surface area (Å²) >= 11 is 0. The number of amides is 4. The van der Waals surface area contributed by atoms with Gasteiger partial charge in [-0.15, -0.1) is 0 Å². The van der Waals surface area contributed by atoms with Crippen LogP contribution in [0.3, 0.4) is 0 Å². The average molecular weight is 467 g/mol. The molecule has 4 aliphatic rings. The second-order valence-electron chi connectivity index (χ2n) is 9.64. The van der Waals surface area contributed by atoms with E-state index in [1.165, 1.54) is 34.0 Å². The molecule has 4 aliphatic heterocycles. The summed E-state index contributed by atoms with van der Waals surface area (Å²) in [4.78, 5) is 68.2. The lowest BCUT2D eigenvalue weighted by atomic mass is 9.68. The molecule has 1 spiro atoms. The predicted molar refractivity (Wildman–Crippen MR) is 118 cm³/mol. The molecule has 1 aromatic rings. The molecule has 0 bridgehead atoms. The Bertz CT molecular complexity index is 1150. The summed E-state index contributed by atoms with van der Waals surface area (Å²) in [5, 5.41) is 0. The van der Waals surface area contributed by atoms with Gasteiger partial charge in [0.05, 0.1) is 6.04 Å². The first-order valence-corrected chi connectivity index (χ1v) is 11.1. The first kappa shape index (κ1) is 22.1. The van der Waals surface area contributed by atoms with Crippen LogP contribution in [-0.4, -0.2) is 72.1 Å². The lowest BCUT2D eigenvalue weighted by Crippen LogP contribution is -2.70. The summed E-state index contributed by atoms with van der Waals surface area (Å²) in [6.07, 6.45) is 2.97. The summed E-state index contributed by atoms with van der Waals surface area (Å²) in [5.41, 5.74) is 0.498. The number of ether oxygens (including phenoxy) is 2. The molecule has 34 heavy (non-hydrogen) atoms. The van der Waals surface area contributed by atoms with Gasteiger partial charge in [-0.2, -0.15) is 0 Å². The molecule has 0 radical (unpaired) electrons. The van der Waals surface area contributed by atoms with Crippen LogP contribution < -0.4 is 4.90 Å². The molecule has 4 amide bonds. The highest BCUT2D eigenvalue weighted by Gasteiger charge is 2.63. The van der Waals surface area contributed by atoms with Crippen LogP contribution in [0.5, 0.6) is 0 Å². The van der Waals surface area contributed by atoms with Crippen LogP contribution in [0, 0.1) is 5.41 Å². The van der Waals surface area contributed by atoms with Crippen LogP contribution in [0.4, 0.5) is 10.5 Å². The lowest BCUT2D eigenvalue weighted by Gasteiger charge is -2.50. The van der Waals surface area contributed by atoms with Gasteiger partial charge >= 0.3 is 18.0 Å². The van der Waals surface area contributed by atoms with Gasteiger partial charge in [-0.25, -0.2) is 14.4 Å². The topological polar surface area (TPSA) is 114 Å². The lowest BCUT2D eigenvalue weighted by molar-refractivity contribution is -0.222. The maximum Gasteiger partial charge on any atom is 0.348 e. The normalized spacial score (nSPS) is 25.3. The van der Waals surface area contributed by atoms with Gasteiger partial charge in [0, 0.05) is 40.2 Å². The molecule has 4 heterocycles. The Balaban J connectivity index is 1.58. The number of hydrogen-bond acceptors (Lipinski definition) is 8. The summed E-state index contributed by atoms with van der Waals surface area (Å²) in [5.74, 6) is -3.92. The Labute approximate surface area is 196 Å². The van der Waals surface area contributed by atoms with Crippen LogP contribution in [-0.2, 0) is 35.1 Å². The van der Waals surface area contributed by atoms with Gasteiger partial charge in [0.15, 0.2) is 5.41 Å². The minimum absolute atomic E-state index is 0.113. The highest BCUT2D eigenvalue weighted by Crippen LogP contribution is 2.49. The number of carbonyl (C=O) groups excluding carboxylic acids is 5. The van der Waals surface area contributed by atoms with E-state index in [1.54, 1.807) is 12.1 Å². The highest BCUT2D eigenvalue weighted by molar-refractivity contribution is 6.20. The summed E-state index contributed by atoms with van der Waals surface area (Å²) in [6.45, 7) is 3.62. The molecule has 0 saturated carbocycles. The van der Waals surface area contributed by atoms with Gasteiger partial charge in [0.2, 0.25) is 11.8 Å². The number of anilines is 1. The zero-order valence-corrected chi connectivity index (χ0v) is 19.4. The maximum atomic E-state index is 13.5. The minimum atomic E-state index is -1.42. The van der Waals surface area contributed by atoms with E-state index in [9.17, 15) is 24.0 Å². The molecule has 1 atom stereocenters. The quantitative estimate of drug-likeness (QED) is 0.264. The number of barbiturate groups is 1. The molecule has 10 heteroatoms. The first-order valence-electron chi connectivity index (χ1n) is 11.1. The summed E-state index contributed by atoms with van der Waals surface area (Å²) in [6, 6.07) is 4.40. The minimum Gasteiger partial charge on any atom is -0.419 e. The zero-order valence-electron chi connectivity index (χ0n) is 19.4. The van der Waals surface area contributed by atoms with Crippen LogP contribution in [0.15, 0.2) is 23.8 Å². The SMILES string of the molecule is CN1C(=O)N(C)C(=O)C2(Cc3cc(C=C4C(=O)OC(C)(C)OC4=O)ccc3N3CCCC32)C1=O. The first-order chi connectivity index (χ1) is 16.0. The molecule has 0 aliphatic carbocycles. The number of fused-ring (bicyclic) bond motifs is 4. The summed E-state index contributed by atoms with van der Waals surface area (Å²) < 4.78 is 10.3. The van der Waals surface area contributed by atoms with E-state index in [-0.39, 0.29) is 18.0 Å². The third-order valence-corrected chi connectivity index (χ3v) is 7.08. The standard InChI is InChI=1S/C24H25N3O7/c1-23(2)33-18(28)15(19(29)34-23)11-13-7-8-16-14(10-13)12-24(17-6-5-9-27(16)17)20(30)25(3)22(32)26(4)21(24)31/h7-8,10-11,17H,5-6,9,12H2,1-4H3. The Morgan fingerprint density at radius 2 is 1.59 bits per heavy atom. The van der Waals surface area contributed by atoms with Crippen molar-refractivity contribution in [1.29, 1.82) is 0 Å². The van der Waals surface area contributed by atoms with Gasteiger partial charge < -0.3 is 14.4 Å². The number of carbonyl (C=O) groups is 5. The number of cyclic esters (lactones) is 2. The van der Waals surface area contributed by atoms with Gasteiger partial charge in [0.25, 0.3) is 5.79 Å². The number of rotatable bonds is 1. The van der Waals surface area contributed by atoms with E-state index < -0.39 is 41.0 Å². The van der Waals surface area contributed by atoms with Crippen molar-refractivity contribution in [2.24, 2.45) is 5.41 Å². The Morgan fingerprint density at radius 1 is 0.971 bits per heavy atom. The van der Waals surface area contributed by atoms with Crippen molar-refractivity contribution in [3.8, 4) is 0 Å². The van der Waals surface area contributed by atoms with E-state index in [0.717, 1.165) is 27.5 Å². The third-order valence-electron chi connectivity index (χ3n) is 7.08. The molecule has 0 aromatic heterocycles. The Kier molecular flexibility index (Phi) is 4.65. The molecule has 1 aromatic carbocycles. The zero-order chi connectivity index (χ0) is 24.6. The molecule has 0 N–H and O–H groups in total. The third kappa shape index (κ3) is 2.97. The number of esters is 2. The van der Waals surface area contributed by atoms with Crippen molar-refractivity contribution in [2.75, 3.05) is 25.5 Å². The second kappa shape index (κ2) is 7.15. The number of hydrogen-bond donors (Lipinski definition) is 0. The van der Waals surface area contributed by atoms with E-state index in [4.69, 9.17) is 9.47 Å². The van der Waals surface area contributed by atoms with E-state index in [1.807, 2.05) is 6.07 Å². The van der Waals surface area contributed by atoms with Crippen molar-refractivity contribution in [3.05, 3.63) is 34.9 Å². The maximum absolute atomic E-state index is 13.5. The van der Waals surface area contributed by atoms with Crippen molar-refractivity contribution >= 4 is 41.5 Å². The van der Waals surface area contributed by atoms with Gasteiger partial charge in [0.1, 0.15) is 5.57 Å². The van der Waals surface area contributed by atoms with Crippen LogP contribution in [0.25, 0.3) is 6.08 Å². The van der Waals surface area contributed by atoms with E-state index >= 15 is 0 Å². The van der Waals surface area contributed by atoms with Crippen molar-refractivity contribution in [2.45, 2.75) is 44.9 Å². The van der Waals surface area contributed by atoms with E-state index in [2.05, 4.69) is 4.90 Å². The highest BCUT2D eigenvalue weighted by atomic mass is 16.7. The number of benzene rings is 1. The van der Waals surface area contributed by atoms with Crippen LogP contribution >= 0.6 is 0 Å². The molecule has 1 unspecified atom stereocenters. The molecule has 5 rings (SSSR count). The van der Waals surface area contributed by atoms with Crippen molar-refractivity contribution in [1.82, 2.24) is 9.80 Å². The van der Waals surface area contributed by atoms with Crippen molar-refractivity contribution < 1.29 is 33.4 Å². The largest absolute Gasteiger partial charge is 0.419 e. The monoisotopic (exact) mass is 467 g/mol. The fourth-order valence-electron chi connectivity index (χ4n) is 5.57. The summed E-state index contributed by atoms with van der Waals surface area (Å²) in [7, 11) is 2.79. The van der Waals surface area contributed by atoms with Gasteiger partial charge in [-0.3, -0.25) is 19.4 Å². The molecule has 3 fully saturated rings. The van der Waals surface area contributed by atoms with Crippen LogP contribution in [0.2, 0.25) is 0 Å². The molecule has 178 valence electrons. The number of imide groups is 2. The van der Waals surface area contributed by atoms with Crippen molar-refractivity contribution in [3.63, 3.8) is 0 Å². The smallest absolute Gasteiger partial charge is 0.348 e. The van der Waals surface area contributed by atoms with E-state index in [0.29, 0.717) is 18.5 Å². The molecule has 3 saturated heterocycles. The average Bonchev–Trinajstić information content (AvgIpc) is 3.27. The van der Waals surface area contributed by atoms with Gasteiger partial charge in [-0.05, 0) is 48.6 Å². The Hall–Kier alpha value is -3.69. The fraction of sp³-hybridized carbons (Fsp3) is 0.458. The molecule has 10 nitrogen and oxygen atoms in total. The fourth-order valence-corrected chi connectivity index (χ4v) is 5.57. The predicted octanol–water partition coefficient (Wildman–Crippen LogP) is 1.47.